The molecule has 0 atom stereocenters. The molecule has 0 N–H and O–H groups in total. The van der Waals surface area contributed by atoms with E-state index < -0.39 is 0 Å². The van der Waals surface area contributed by atoms with Crippen molar-refractivity contribution in [3.8, 4) is 11.3 Å². The fourth-order valence-electron chi connectivity index (χ4n) is 0.924. The van der Waals surface area contributed by atoms with E-state index in [9.17, 15) is 0 Å². The average Bonchev–Trinajstić information content (AvgIpc) is 2.53. The predicted molar refractivity (Wildman–Crippen MR) is 58.1 cm³/mol. The minimum Gasteiger partial charge on any atom is -0.151 e. The normalized spacial score (nSPS) is 10.3. The van der Waals surface area contributed by atoms with Gasteiger partial charge < -0.3 is 0 Å². The third-order valence-electron chi connectivity index (χ3n) is 1.52. The predicted octanol–water partition coefficient (Wildman–Crippen LogP) is 3.62. The Hall–Kier alpha value is -0.450. The molecule has 0 bridgehead atoms. The van der Waals surface area contributed by atoms with E-state index in [4.69, 9.17) is 11.6 Å². The van der Waals surface area contributed by atoms with Gasteiger partial charge in [-0.25, -0.2) is 0 Å². The Kier molecular flexibility index (Phi) is 2.62. The first kappa shape index (κ1) is 9.12. The van der Waals surface area contributed by atoms with E-state index in [0.29, 0.717) is 5.15 Å². The van der Waals surface area contributed by atoms with Crippen molar-refractivity contribution in [2.75, 3.05) is 0 Å². The SMILES string of the molecule is Clc1ccc(-c2cscc2Br)nn1. The third-order valence-corrected chi connectivity index (χ3v) is 3.43. The maximum atomic E-state index is 5.63. The molecule has 5 heteroatoms. The standard InChI is InChI=1S/C8H4BrClN2S/c9-6-4-13-3-5(6)7-1-2-8(10)12-11-7/h1-4H. The Balaban J connectivity index is 2.47. The zero-order valence-electron chi connectivity index (χ0n) is 6.37. The molecule has 0 amide bonds. The van der Waals surface area contributed by atoms with Gasteiger partial charge in [0.1, 0.15) is 0 Å². The molecule has 0 spiro atoms. The lowest BCUT2D eigenvalue weighted by molar-refractivity contribution is 1.04. The molecule has 2 aromatic rings. The minimum atomic E-state index is 0.412. The largest absolute Gasteiger partial charge is 0.151 e. The molecule has 2 aromatic heterocycles. The zero-order chi connectivity index (χ0) is 9.26. The lowest BCUT2D eigenvalue weighted by atomic mass is 10.2. The lowest BCUT2D eigenvalue weighted by Gasteiger charge is -1.96. The van der Waals surface area contributed by atoms with Crippen molar-refractivity contribution in [1.29, 1.82) is 0 Å². The van der Waals surface area contributed by atoms with Crippen molar-refractivity contribution >= 4 is 38.9 Å². The van der Waals surface area contributed by atoms with Crippen molar-refractivity contribution in [2.24, 2.45) is 0 Å². The highest BCUT2D eigenvalue weighted by molar-refractivity contribution is 9.10. The minimum absolute atomic E-state index is 0.412. The summed E-state index contributed by atoms with van der Waals surface area (Å²) in [5.41, 5.74) is 1.88. The van der Waals surface area contributed by atoms with Crippen LogP contribution in [0.15, 0.2) is 27.4 Å². The van der Waals surface area contributed by atoms with Crippen molar-refractivity contribution in [1.82, 2.24) is 10.2 Å². The van der Waals surface area contributed by atoms with Crippen LogP contribution in [-0.2, 0) is 0 Å². The van der Waals surface area contributed by atoms with E-state index in [1.807, 2.05) is 16.8 Å². The Morgan fingerprint density at radius 3 is 2.62 bits per heavy atom. The van der Waals surface area contributed by atoms with Gasteiger partial charge in [0.15, 0.2) is 5.15 Å². The monoisotopic (exact) mass is 274 g/mol. The van der Waals surface area contributed by atoms with Crippen LogP contribution in [-0.4, -0.2) is 10.2 Å². The molecule has 0 aromatic carbocycles. The molecule has 0 unspecified atom stereocenters. The van der Waals surface area contributed by atoms with Gasteiger partial charge in [0, 0.05) is 20.8 Å². The Morgan fingerprint density at radius 2 is 2.08 bits per heavy atom. The smallest absolute Gasteiger partial charge is 0.151 e. The Morgan fingerprint density at radius 1 is 1.23 bits per heavy atom. The summed E-state index contributed by atoms with van der Waals surface area (Å²) in [6.07, 6.45) is 0. The highest BCUT2D eigenvalue weighted by atomic mass is 79.9. The van der Waals surface area contributed by atoms with Crippen LogP contribution < -0.4 is 0 Å². The highest BCUT2D eigenvalue weighted by Crippen LogP contribution is 2.29. The van der Waals surface area contributed by atoms with Gasteiger partial charge in [-0.1, -0.05) is 11.6 Å². The quantitative estimate of drug-likeness (QED) is 0.794. The average molecular weight is 276 g/mol. The van der Waals surface area contributed by atoms with Gasteiger partial charge in [-0.3, -0.25) is 0 Å². The summed E-state index contributed by atoms with van der Waals surface area (Å²) in [6.45, 7) is 0. The summed E-state index contributed by atoms with van der Waals surface area (Å²) >= 11 is 10.7. The molecule has 66 valence electrons. The molecule has 0 aliphatic carbocycles. The number of hydrogen-bond acceptors (Lipinski definition) is 3. The van der Waals surface area contributed by atoms with Crippen LogP contribution in [0.3, 0.4) is 0 Å². The molecule has 2 rings (SSSR count). The molecule has 0 aliphatic heterocycles. The van der Waals surface area contributed by atoms with Crippen LogP contribution in [0, 0.1) is 0 Å². The second-order valence-electron chi connectivity index (χ2n) is 2.37. The summed E-state index contributed by atoms with van der Waals surface area (Å²) in [7, 11) is 0. The summed E-state index contributed by atoms with van der Waals surface area (Å²) in [5.74, 6) is 0. The van der Waals surface area contributed by atoms with Crippen LogP contribution >= 0.6 is 38.9 Å². The first-order valence-corrected chi connectivity index (χ1v) is 5.60. The fraction of sp³-hybridized carbons (Fsp3) is 0. The molecule has 0 radical (unpaired) electrons. The van der Waals surface area contributed by atoms with E-state index in [-0.39, 0.29) is 0 Å². The number of hydrogen-bond donors (Lipinski definition) is 0. The van der Waals surface area contributed by atoms with Crippen LogP contribution in [0.2, 0.25) is 5.15 Å². The number of aromatic nitrogens is 2. The van der Waals surface area contributed by atoms with Gasteiger partial charge in [-0.05, 0) is 28.1 Å². The van der Waals surface area contributed by atoms with Crippen molar-refractivity contribution in [2.45, 2.75) is 0 Å². The van der Waals surface area contributed by atoms with Crippen LogP contribution in [0.4, 0.5) is 0 Å². The number of thiophene rings is 1. The second-order valence-corrected chi connectivity index (χ2v) is 4.36. The van der Waals surface area contributed by atoms with Gasteiger partial charge in [-0.15, -0.1) is 10.2 Å². The second kappa shape index (κ2) is 3.74. The summed E-state index contributed by atoms with van der Waals surface area (Å²) in [4.78, 5) is 0. The first-order valence-electron chi connectivity index (χ1n) is 3.48. The van der Waals surface area contributed by atoms with Crippen molar-refractivity contribution in [3.05, 3.63) is 32.5 Å². The van der Waals surface area contributed by atoms with Crippen LogP contribution in [0.5, 0.6) is 0 Å². The van der Waals surface area contributed by atoms with Crippen molar-refractivity contribution in [3.63, 3.8) is 0 Å². The molecule has 0 saturated carbocycles. The molecule has 2 nitrogen and oxygen atoms in total. The molecule has 13 heavy (non-hydrogen) atoms. The molecular formula is C8H4BrClN2S. The maximum absolute atomic E-state index is 5.63. The molecule has 2 heterocycles. The summed E-state index contributed by atoms with van der Waals surface area (Å²) in [5, 5.41) is 12.2. The van der Waals surface area contributed by atoms with E-state index >= 15 is 0 Å². The first-order chi connectivity index (χ1) is 6.27. The van der Waals surface area contributed by atoms with E-state index in [2.05, 4.69) is 26.1 Å². The zero-order valence-corrected chi connectivity index (χ0v) is 9.53. The fourth-order valence-corrected chi connectivity index (χ4v) is 2.52. The van der Waals surface area contributed by atoms with E-state index in [1.54, 1.807) is 17.4 Å². The van der Waals surface area contributed by atoms with Crippen molar-refractivity contribution < 1.29 is 0 Å². The van der Waals surface area contributed by atoms with Crippen LogP contribution in [0.25, 0.3) is 11.3 Å². The molecule has 0 aliphatic rings. The van der Waals surface area contributed by atoms with Gasteiger partial charge in [0.2, 0.25) is 0 Å². The third kappa shape index (κ3) is 1.90. The Labute approximate surface area is 92.7 Å². The van der Waals surface area contributed by atoms with Gasteiger partial charge in [0.05, 0.1) is 5.69 Å². The van der Waals surface area contributed by atoms with Crippen LogP contribution in [0.1, 0.15) is 0 Å². The maximum Gasteiger partial charge on any atom is 0.151 e. The molecule has 0 saturated heterocycles. The lowest BCUT2D eigenvalue weighted by Crippen LogP contribution is -1.85. The number of rotatable bonds is 1. The summed E-state index contributed by atoms with van der Waals surface area (Å²) in [6, 6.07) is 3.58. The number of nitrogens with zero attached hydrogens (tertiary/aromatic N) is 2. The molecular weight excluding hydrogens is 272 g/mol. The summed E-state index contributed by atoms with van der Waals surface area (Å²) < 4.78 is 1.04. The van der Waals surface area contributed by atoms with Gasteiger partial charge in [-0.2, -0.15) is 11.3 Å². The van der Waals surface area contributed by atoms with E-state index in [0.717, 1.165) is 15.7 Å². The number of halogens is 2. The van der Waals surface area contributed by atoms with Gasteiger partial charge in [0.25, 0.3) is 0 Å². The molecule has 0 fully saturated rings. The topological polar surface area (TPSA) is 25.8 Å². The van der Waals surface area contributed by atoms with E-state index in [1.165, 1.54) is 0 Å². The van der Waals surface area contributed by atoms with Gasteiger partial charge >= 0.3 is 0 Å². The Bertz CT molecular complexity index is 412. The highest BCUT2D eigenvalue weighted by Gasteiger charge is 2.05.